The van der Waals surface area contributed by atoms with Crippen molar-refractivity contribution in [3.8, 4) is 11.5 Å². The van der Waals surface area contributed by atoms with E-state index < -0.39 is 5.97 Å². The number of carbonyl (C=O) groups excluding carboxylic acids is 1. The topological polar surface area (TPSA) is 82.1 Å². The number of methoxy groups -OCH3 is 1. The Bertz CT molecular complexity index is 791. The second kappa shape index (κ2) is 9.62. The van der Waals surface area contributed by atoms with Gasteiger partial charge in [0.25, 0.3) is 0 Å². The van der Waals surface area contributed by atoms with E-state index in [0.29, 0.717) is 30.1 Å². The molecule has 0 amide bonds. The molecule has 0 radical (unpaired) electrons. The molecule has 1 aromatic rings. The normalized spacial score (nSPS) is 13.7. The standard InChI is InChI=1S/C22H30O6/c1-6-7-8-11-27-21-18(14(3)13(2)9-10-17(23)24)20(26-5)15(4)16-12-28-22(25)19(16)21/h6-12H2,1-5H3,(H,23,24)/b14-13-. The van der Waals surface area contributed by atoms with Crippen LogP contribution in [0.15, 0.2) is 5.57 Å². The Morgan fingerprint density at radius 1 is 1.18 bits per heavy atom. The van der Waals surface area contributed by atoms with Crippen LogP contribution in [-0.2, 0) is 16.1 Å². The first-order chi connectivity index (χ1) is 13.3. The fraction of sp³-hybridized carbons (Fsp3) is 0.545. The molecule has 6 nitrogen and oxygen atoms in total. The number of unbranched alkanes of at least 4 members (excludes halogenated alkanes) is 2. The van der Waals surface area contributed by atoms with Gasteiger partial charge in [0.15, 0.2) is 0 Å². The Morgan fingerprint density at radius 2 is 1.89 bits per heavy atom. The fourth-order valence-electron chi connectivity index (χ4n) is 3.45. The van der Waals surface area contributed by atoms with E-state index in [1.165, 1.54) is 0 Å². The van der Waals surface area contributed by atoms with Crippen molar-refractivity contribution < 1.29 is 28.9 Å². The molecule has 154 valence electrons. The molecule has 0 aliphatic carbocycles. The molecule has 1 N–H and O–H groups in total. The van der Waals surface area contributed by atoms with Gasteiger partial charge in [-0.15, -0.1) is 0 Å². The second-order valence-corrected chi connectivity index (χ2v) is 7.15. The first kappa shape index (κ1) is 21.8. The molecule has 0 fully saturated rings. The molecule has 0 unspecified atom stereocenters. The van der Waals surface area contributed by atoms with Crippen molar-refractivity contribution >= 4 is 17.5 Å². The number of hydrogen-bond donors (Lipinski definition) is 1. The van der Waals surface area contributed by atoms with E-state index in [9.17, 15) is 9.59 Å². The molecule has 1 aromatic carbocycles. The molecular weight excluding hydrogens is 360 g/mol. The maximum absolute atomic E-state index is 12.4. The smallest absolute Gasteiger partial charge is 0.342 e. The molecule has 6 heteroatoms. The first-order valence-corrected chi connectivity index (χ1v) is 9.75. The van der Waals surface area contributed by atoms with Crippen molar-refractivity contribution in [2.24, 2.45) is 0 Å². The van der Waals surface area contributed by atoms with Crippen LogP contribution < -0.4 is 9.47 Å². The van der Waals surface area contributed by atoms with Crippen LogP contribution >= 0.6 is 0 Å². The number of allylic oxidation sites excluding steroid dienone is 2. The number of fused-ring (bicyclic) bond motifs is 1. The van der Waals surface area contributed by atoms with Gasteiger partial charge in [0.2, 0.25) is 0 Å². The van der Waals surface area contributed by atoms with Gasteiger partial charge in [-0.2, -0.15) is 0 Å². The average Bonchev–Trinajstić information content (AvgIpc) is 3.05. The minimum Gasteiger partial charge on any atom is -0.496 e. The zero-order valence-electron chi connectivity index (χ0n) is 17.4. The minimum absolute atomic E-state index is 0.0458. The van der Waals surface area contributed by atoms with Crippen LogP contribution in [0.2, 0.25) is 0 Å². The highest BCUT2D eigenvalue weighted by molar-refractivity contribution is 6.00. The lowest BCUT2D eigenvalue weighted by Crippen LogP contribution is -2.09. The summed E-state index contributed by atoms with van der Waals surface area (Å²) in [6.45, 7) is 8.55. The molecule has 1 heterocycles. The predicted molar refractivity (Wildman–Crippen MR) is 107 cm³/mol. The third kappa shape index (κ3) is 4.49. The van der Waals surface area contributed by atoms with Crippen LogP contribution in [0.5, 0.6) is 11.5 Å². The molecule has 28 heavy (non-hydrogen) atoms. The summed E-state index contributed by atoms with van der Waals surface area (Å²) < 4.78 is 17.1. The van der Waals surface area contributed by atoms with E-state index in [1.54, 1.807) is 7.11 Å². The van der Waals surface area contributed by atoms with Gasteiger partial charge in [-0.1, -0.05) is 25.3 Å². The maximum Gasteiger partial charge on any atom is 0.342 e. The highest BCUT2D eigenvalue weighted by Crippen LogP contribution is 2.46. The van der Waals surface area contributed by atoms with Crippen LogP contribution in [0.1, 0.15) is 79.9 Å². The van der Waals surface area contributed by atoms with Gasteiger partial charge < -0.3 is 19.3 Å². The molecule has 0 spiro atoms. The number of rotatable bonds is 10. The summed E-state index contributed by atoms with van der Waals surface area (Å²) in [5.74, 6) is -0.0923. The highest BCUT2D eigenvalue weighted by Gasteiger charge is 2.34. The summed E-state index contributed by atoms with van der Waals surface area (Å²) in [5, 5.41) is 9.01. The molecular formula is C22H30O6. The number of aliphatic carboxylic acids is 1. The fourth-order valence-corrected chi connectivity index (χ4v) is 3.45. The Labute approximate surface area is 166 Å². The molecule has 0 saturated heterocycles. The van der Waals surface area contributed by atoms with Gasteiger partial charge in [-0.3, -0.25) is 4.79 Å². The summed E-state index contributed by atoms with van der Waals surface area (Å²) in [7, 11) is 1.59. The predicted octanol–water partition coefficient (Wildman–Crippen LogP) is 4.90. The highest BCUT2D eigenvalue weighted by atomic mass is 16.5. The van der Waals surface area contributed by atoms with Gasteiger partial charge in [0.05, 0.1) is 19.3 Å². The number of carbonyl (C=O) groups is 2. The lowest BCUT2D eigenvalue weighted by Gasteiger charge is -2.21. The van der Waals surface area contributed by atoms with Crippen molar-refractivity contribution in [1.29, 1.82) is 0 Å². The van der Waals surface area contributed by atoms with E-state index in [0.717, 1.165) is 47.1 Å². The van der Waals surface area contributed by atoms with Crippen molar-refractivity contribution in [2.75, 3.05) is 13.7 Å². The summed E-state index contributed by atoms with van der Waals surface area (Å²) in [6, 6.07) is 0. The van der Waals surface area contributed by atoms with Crippen LogP contribution in [0, 0.1) is 6.92 Å². The van der Waals surface area contributed by atoms with E-state index in [-0.39, 0.29) is 19.0 Å². The molecule has 0 aromatic heterocycles. The van der Waals surface area contributed by atoms with Crippen LogP contribution in [0.25, 0.3) is 5.57 Å². The largest absolute Gasteiger partial charge is 0.496 e. The maximum atomic E-state index is 12.4. The van der Waals surface area contributed by atoms with Crippen LogP contribution in [-0.4, -0.2) is 30.8 Å². The number of ether oxygens (including phenoxy) is 3. The van der Waals surface area contributed by atoms with Crippen molar-refractivity contribution in [3.63, 3.8) is 0 Å². The van der Waals surface area contributed by atoms with Gasteiger partial charge in [0.1, 0.15) is 23.7 Å². The third-order valence-corrected chi connectivity index (χ3v) is 5.26. The summed E-state index contributed by atoms with van der Waals surface area (Å²) in [4.78, 5) is 23.4. The van der Waals surface area contributed by atoms with Gasteiger partial charge in [-0.05, 0) is 44.7 Å². The number of benzene rings is 1. The molecule has 0 saturated carbocycles. The van der Waals surface area contributed by atoms with Crippen LogP contribution in [0.3, 0.4) is 0 Å². The minimum atomic E-state index is -0.844. The van der Waals surface area contributed by atoms with Crippen LogP contribution in [0.4, 0.5) is 0 Å². The van der Waals surface area contributed by atoms with E-state index in [4.69, 9.17) is 19.3 Å². The number of cyclic esters (lactones) is 1. The number of esters is 1. The van der Waals surface area contributed by atoms with Crippen molar-refractivity contribution in [1.82, 2.24) is 0 Å². The van der Waals surface area contributed by atoms with Gasteiger partial charge >= 0.3 is 11.9 Å². The molecule has 1 aliphatic rings. The first-order valence-electron chi connectivity index (χ1n) is 9.75. The lowest BCUT2D eigenvalue weighted by molar-refractivity contribution is -0.136. The zero-order chi connectivity index (χ0) is 20.8. The Morgan fingerprint density at radius 3 is 2.50 bits per heavy atom. The SMILES string of the molecule is CCCCCOc1c2c(c(C)c(OC)c1/C(C)=C(/C)CCC(=O)O)COC2=O. The number of carboxylic acid groups (broad SMARTS) is 1. The van der Waals surface area contributed by atoms with Crippen molar-refractivity contribution in [3.05, 3.63) is 27.8 Å². The number of hydrogen-bond acceptors (Lipinski definition) is 5. The second-order valence-electron chi connectivity index (χ2n) is 7.15. The lowest BCUT2D eigenvalue weighted by atomic mass is 9.90. The van der Waals surface area contributed by atoms with Crippen molar-refractivity contribution in [2.45, 2.75) is 66.4 Å². The monoisotopic (exact) mass is 390 g/mol. The quantitative estimate of drug-likeness (QED) is 0.452. The molecule has 1 aliphatic heterocycles. The zero-order valence-corrected chi connectivity index (χ0v) is 17.4. The third-order valence-electron chi connectivity index (χ3n) is 5.26. The Balaban J connectivity index is 2.62. The van der Waals surface area contributed by atoms with Gasteiger partial charge in [-0.25, -0.2) is 4.79 Å². The molecule has 2 rings (SSSR count). The average molecular weight is 390 g/mol. The summed E-state index contributed by atoms with van der Waals surface area (Å²) in [5.41, 5.74) is 4.63. The Kier molecular flexibility index (Phi) is 7.49. The van der Waals surface area contributed by atoms with E-state index in [1.807, 2.05) is 20.8 Å². The van der Waals surface area contributed by atoms with E-state index in [2.05, 4.69) is 6.92 Å². The summed E-state index contributed by atoms with van der Waals surface area (Å²) >= 11 is 0. The van der Waals surface area contributed by atoms with Gasteiger partial charge in [0, 0.05) is 12.0 Å². The molecule has 0 atom stereocenters. The van der Waals surface area contributed by atoms with E-state index >= 15 is 0 Å². The number of carboxylic acids is 1. The Hall–Kier alpha value is -2.50. The molecule has 0 bridgehead atoms. The summed E-state index contributed by atoms with van der Waals surface area (Å²) in [6.07, 6.45) is 3.46.